The molecule has 0 aromatic carbocycles. The van der Waals surface area contributed by atoms with Crippen molar-refractivity contribution < 1.29 is 4.79 Å². The first-order chi connectivity index (χ1) is 7.90. The smallest absolute Gasteiger partial charge is 0.291 e. The van der Waals surface area contributed by atoms with E-state index in [2.05, 4.69) is 42.9 Å². The lowest BCUT2D eigenvalue weighted by Gasteiger charge is -2.25. The number of rotatable bonds is 5. The van der Waals surface area contributed by atoms with E-state index in [0.29, 0.717) is 24.9 Å². The molecule has 0 saturated heterocycles. The zero-order valence-corrected chi connectivity index (χ0v) is 10.9. The number of hydrogen-bond acceptors (Lipinski definition) is 4. The standard InChI is InChI=1S/C11H21N5O/c1-7(2)5-16(6-8(3)4)10(17)9-13-11(12)15-14-9/h7-8H,5-6H2,1-4H3,(H3,12,13,14,15). The highest BCUT2D eigenvalue weighted by Crippen LogP contribution is 2.08. The predicted molar refractivity (Wildman–Crippen MR) is 66.4 cm³/mol. The Morgan fingerprint density at radius 3 is 2.18 bits per heavy atom. The normalized spacial score (nSPS) is 11.2. The molecule has 1 aromatic rings. The monoisotopic (exact) mass is 239 g/mol. The molecule has 6 heteroatoms. The van der Waals surface area contributed by atoms with E-state index in [9.17, 15) is 4.79 Å². The van der Waals surface area contributed by atoms with Crippen LogP contribution in [0.4, 0.5) is 5.95 Å². The molecule has 0 aliphatic heterocycles. The highest BCUT2D eigenvalue weighted by Gasteiger charge is 2.20. The second kappa shape index (κ2) is 5.65. The third-order valence-electron chi connectivity index (χ3n) is 2.16. The van der Waals surface area contributed by atoms with Crippen molar-refractivity contribution in [2.24, 2.45) is 11.8 Å². The van der Waals surface area contributed by atoms with Crippen LogP contribution in [0.15, 0.2) is 0 Å². The van der Waals surface area contributed by atoms with Crippen molar-refractivity contribution in [1.29, 1.82) is 0 Å². The fourth-order valence-corrected chi connectivity index (χ4v) is 1.64. The molecule has 1 rings (SSSR count). The van der Waals surface area contributed by atoms with Crippen LogP contribution in [0, 0.1) is 11.8 Å². The lowest BCUT2D eigenvalue weighted by Crippen LogP contribution is -2.37. The van der Waals surface area contributed by atoms with E-state index < -0.39 is 0 Å². The number of H-pyrrole nitrogens is 1. The SMILES string of the molecule is CC(C)CN(CC(C)C)C(=O)c1nc(N)n[nH]1. The van der Waals surface area contributed by atoms with E-state index in [1.165, 1.54) is 0 Å². The van der Waals surface area contributed by atoms with Gasteiger partial charge in [-0.2, -0.15) is 4.98 Å². The highest BCUT2D eigenvalue weighted by atomic mass is 16.2. The van der Waals surface area contributed by atoms with E-state index >= 15 is 0 Å². The van der Waals surface area contributed by atoms with Gasteiger partial charge in [-0.25, -0.2) is 0 Å². The molecule has 1 aromatic heterocycles. The van der Waals surface area contributed by atoms with Gasteiger partial charge in [-0.1, -0.05) is 27.7 Å². The minimum absolute atomic E-state index is 0.0994. The van der Waals surface area contributed by atoms with Crippen molar-refractivity contribution in [3.05, 3.63) is 5.82 Å². The van der Waals surface area contributed by atoms with Crippen molar-refractivity contribution in [2.45, 2.75) is 27.7 Å². The van der Waals surface area contributed by atoms with E-state index in [0.717, 1.165) is 0 Å². The number of hydrogen-bond donors (Lipinski definition) is 2. The molecule has 6 nitrogen and oxygen atoms in total. The maximum atomic E-state index is 12.2. The number of aromatic amines is 1. The molecular formula is C11H21N5O. The molecule has 96 valence electrons. The van der Waals surface area contributed by atoms with Crippen LogP contribution in [0.2, 0.25) is 0 Å². The molecule has 1 heterocycles. The van der Waals surface area contributed by atoms with E-state index in [-0.39, 0.29) is 17.7 Å². The minimum Gasteiger partial charge on any atom is -0.366 e. The Hall–Kier alpha value is -1.59. The molecule has 1 amide bonds. The molecule has 0 atom stereocenters. The summed E-state index contributed by atoms with van der Waals surface area (Å²) in [5.74, 6) is 0.999. The number of nitrogens with zero attached hydrogens (tertiary/aromatic N) is 3. The molecule has 3 N–H and O–H groups in total. The van der Waals surface area contributed by atoms with Gasteiger partial charge < -0.3 is 10.6 Å². The zero-order chi connectivity index (χ0) is 13.0. The van der Waals surface area contributed by atoms with Gasteiger partial charge in [-0.05, 0) is 11.8 Å². The van der Waals surface area contributed by atoms with Crippen molar-refractivity contribution in [1.82, 2.24) is 20.1 Å². The van der Waals surface area contributed by atoms with Gasteiger partial charge in [-0.15, -0.1) is 5.10 Å². The Balaban J connectivity index is 2.78. The predicted octanol–water partition coefficient (Wildman–Crippen LogP) is 1.14. The minimum atomic E-state index is -0.142. The summed E-state index contributed by atoms with van der Waals surface area (Å²) in [5.41, 5.74) is 5.39. The molecule has 0 unspecified atom stereocenters. The Kier molecular flexibility index (Phi) is 4.48. The first-order valence-corrected chi connectivity index (χ1v) is 5.87. The van der Waals surface area contributed by atoms with E-state index in [1.807, 2.05) is 0 Å². The number of nitrogens with one attached hydrogen (secondary N) is 1. The summed E-state index contributed by atoms with van der Waals surface area (Å²) in [4.78, 5) is 17.8. The highest BCUT2D eigenvalue weighted by molar-refractivity contribution is 5.90. The summed E-state index contributed by atoms with van der Waals surface area (Å²) < 4.78 is 0. The Bertz CT molecular complexity index is 362. The average molecular weight is 239 g/mol. The molecule has 0 spiro atoms. The van der Waals surface area contributed by atoms with Gasteiger partial charge in [0.05, 0.1) is 0 Å². The summed E-state index contributed by atoms with van der Waals surface area (Å²) in [6.45, 7) is 9.73. The summed E-state index contributed by atoms with van der Waals surface area (Å²) in [6, 6.07) is 0. The second-order valence-electron chi connectivity index (χ2n) is 5.04. The largest absolute Gasteiger partial charge is 0.366 e. The van der Waals surface area contributed by atoms with E-state index in [4.69, 9.17) is 5.73 Å². The Morgan fingerprint density at radius 1 is 1.29 bits per heavy atom. The number of carbonyl (C=O) groups is 1. The molecule has 0 saturated carbocycles. The number of nitrogens with two attached hydrogens (primary N) is 1. The molecule has 0 fully saturated rings. The summed E-state index contributed by atoms with van der Waals surface area (Å²) in [7, 11) is 0. The third kappa shape index (κ3) is 4.05. The van der Waals surface area contributed by atoms with Crippen LogP contribution in [0.3, 0.4) is 0 Å². The van der Waals surface area contributed by atoms with Gasteiger partial charge in [0.25, 0.3) is 5.91 Å². The topological polar surface area (TPSA) is 87.9 Å². The first-order valence-electron chi connectivity index (χ1n) is 5.87. The number of carbonyl (C=O) groups excluding carboxylic acids is 1. The quantitative estimate of drug-likeness (QED) is 0.806. The molecule has 0 radical (unpaired) electrons. The van der Waals surface area contributed by atoms with Gasteiger partial charge >= 0.3 is 0 Å². The lowest BCUT2D eigenvalue weighted by atomic mass is 10.1. The van der Waals surface area contributed by atoms with Gasteiger partial charge in [-0.3, -0.25) is 9.89 Å². The van der Waals surface area contributed by atoms with Gasteiger partial charge in [0.1, 0.15) is 0 Å². The average Bonchev–Trinajstić information content (AvgIpc) is 2.61. The molecule has 0 aliphatic carbocycles. The first kappa shape index (κ1) is 13.5. The van der Waals surface area contributed by atoms with Gasteiger partial charge in [0, 0.05) is 13.1 Å². The number of nitrogen functional groups attached to an aromatic ring is 1. The Morgan fingerprint density at radius 2 is 1.82 bits per heavy atom. The summed E-state index contributed by atoms with van der Waals surface area (Å²) >= 11 is 0. The van der Waals surface area contributed by atoms with Crippen molar-refractivity contribution in [2.75, 3.05) is 18.8 Å². The van der Waals surface area contributed by atoms with Crippen molar-refractivity contribution in [3.63, 3.8) is 0 Å². The zero-order valence-electron chi connectivity index (χ0n) is 10.9. The maximum absolute atomic E-state index is 12.2. The summed E-state index contributed by atoms with van der Waals surface area (Å²) in [5, 5.41) is 6.23. The van der Waals surface area contributed by atoms with Crippen LogP contribution in [0.5, 0.6) is 0 Å². The van der Waals surface area contributed by atoms with E-state index in [1.54, 1.807) is 4.90 Å². The van der Waals surface area contributed by atoms with Gasteiger partial charge in [0.2, 0.25) is 11.8 Å². The third-order valence-corrected chi connectivity index (χ3v) is 2.16. The fraction of sp³-hybridized carbons (Fsp3) is 0.727. The second-order valence-corrected chi connectivity index (χ2v) is 5.04. The van der Waals surface area contributed by atoms with Crippen LogP contribution in [0.1, 0.15) is 38.3 Å². The van der Waals surface area contributed by atoms with Crippen molar-refractivity contribution >= 4 is 11.9 Å². The number of anilines is 1. The molecular weight excluding hydrogens is 218 g/mol. The van der Waals surface area contributed by atoms with Crippen LogP contribution < -0.4 is 5.73 Å². The maximum Gasteiger partial charge on any atom is 0.291 e. The van der Waals surface area contributed by atoms with Crippen LogP contribution in [0.25, 0.3) is 0 Å². The fourth-order valence-electron chi connectivity index (χ4n) is 1.64. The van der Waals surface area contributed by atoms with Crippen LogP contribution in [-0.2, 0) is 0 Å². The van der Waals surface area contributed by atoms with Crippen LogP contribution >= 0.6 is 0 Å². The summed E-state index contributed by atoms with van der Waals surface area (Å²) in [6.07, 6.45) is 0. The number of aromatic nitrogens is 3. The van der Waals surface area contributed by atoms with Crippen molar-refractivity contribution in [3.8, 4) is 0 Å². The number of amides is 1. The van der Waals surface area contributed by atoms with Gasteiger partial charge in [0.15, 0.2) is 0 Å². The van der Waals surface area contributed by atoms with Crippen LogP contribution in [-0.4, -0.2) is 39.1 Å². The molecule has 17 heavy (non-hydrogen) atoms. The molecule has 0 aliphatic rings. The molecule has 0 bridgehead atoms. The Labute approximate surface area is 102 Å². The lowest BCUT2D eigenvalue weighted by molar-refractivity contribution is 0.0703.